The number of hydrogen-bond acceptors (Lipinski definition) is 3. The standard InChI is InChI=1S/C14H19NO2S/c1-3-12-9-15(6-7-18-12)14(17)11-4-5-13(16)10(2)8-11/h4-5,8,12,16H,3,6-7,9H2,1-2H3. The fraction of sp³-hybridized carbons (Fsp3) is 0.500. The molecule has 0 aliphatic carbocycles. The Morgan fingerprint density at radius 1 is 1.56 bits per heavy atom. The van der Waals surface area contributed by atoms with E-state index in [1.165, 1.54) is 0 Å². The average molecular weight is 265 g/mol. The molecule has 1 N–H and O–H groups in total. The minimum Gasteiger partial charge on any atom is -0.508 e. The van der Waals surface area contributed by atoms with Crippen LogP contribution in [0.4, 0.5) is 0 Å². The van der Waals surface area contributed by atoms with Crippen molar-refractivity contribution in [2.75, 3.05) is 18.8 Å². The lowest BCUT2D eigenvalue weighted by Gasteiger charge is -2.32. The lowest BCUT2D eigenvalue weighted by atomic mass is 10.1. The SMILES string of the molecule is CCC1CN(C(=O)c2ccc(O)c(C)c2)CCS1. The lowest BCUT2D eigenvalue weighted by Crippen LogP contribution is -2.41. The molecule has 0 radical (unpaired) electrons. The summed E-state index contributed by atoms with van der Waals surface area (Å²) >= 11 is 1.95. The van der Waals surface area contributed by atoms with Crippen molar-refractivity contribution in [1.29, 1.82) is 0 Å². The van der Waals surface area contributed by atoms with Gasteiger partial charge in [-0.1, -0.05) is 6.92 Å². The van der Waals surface area contributed by atoms with Gasteiger partial charge in [-0.25, -0.2) is 0 Å². The number of carbonyl (C=O) groups excluding carboxylic acids is 1. The third-order valence-electron chi connectivity index (χ3n) is 3.33. The normalized spacial score (nSPS) is 19.9. The molecule has 1 heterocycles. The smallest absolute Gasteiger partial charge is 0.253 e. The highest BCUT2D eigenvalue weighted by atomic mass is 32.2. The van der Waals surface area contributed by atoms with E-state index in [1.807, 2.05) is 23.6 Å². The van der Waals surface area contributed by atoms with Crippen molar-refractivity contribution in [2.45, 2.75) is 25.5 Å². The first-order chi connectivity index (χ1) is 8.61. The van der Waals surface area contributed by atoms with E-state index in [-0.39, 0.29) is 11.7 Å². The predicted octanol–water partition coefficient (Wildman–Crippen LogP) is 2.67. The Balaban J connectivity index is 2.12. The monoisotopic (exact) mass is 265 g/mol. The number of nitrogens with zero attached hydrogens (tertiary/aromatic N) is 1. The van der Waals surface area contributed by atoms with E-state index < -0.39 is 0 Å². The highest BCUT2D eigenvalue weighted by molar-refractivity contribution is 8.00. The Morgan fingerprint density at radius 3 is 3.00 bits per heavy atom. The van der Waals surface area contributed by atoms with Gasteiger partial charge in [0.2, 0.25) is 0 Å². The second-order valence-electron chi connectivity index (χ2n) is 4.65. The van der Waals surface area contributed by atoms with E-state index in [1.54, 1.807) is 18.2 Å². The molecule has 1 aliphatic rings. The molecule has 3 nitrogen and oxygen atoms in total. The fourth-order valence-electron chi connectivity index (χ4n) is 2.12. The average Bonchev–Trinajstić information content (AvgIpc) is 2.41. The van der Waals surface area contributed by atoms with Crippen LogP contribution in [0, 0.1) is 6.92 Å². The van der Waals surface area contributed by atoms with Crippen LogP contribution >= 0.6 is 11.8 Å². The maximum atomic E-state index is 12.4. The van der Waals surface area contributed by atoms with Crippen LogP contribution in [0.1, 0.15) is 29.3 Å². The highest BCUT2D eigenvalue weighted by Gasteiger charge is 2.23. The second-order valence-corrected chi connectivity index (χ2v) is 6.06. The largest absolute Gasteiger partial charge is 0.508 e. The Labute approximate surface area is 112 Å². The lowest BCUT2D eigenvalue weighted by molar-refractivity contribution is 0.0761. The number of aryl methyl sites for hydroxylation is 1. The summed E-state index contributed by atoms with van der Waals surface area (Å²) < 4.78 is 0. The molecule has 1 aromatic carbocycles. The first kappa shape index (κ1) is 13.3. The summed E-state index contributed by atoms with van der Waals surface area (Å²) in [7, 11) is 0. The number of thioether (sulfide) groups is 1. The summed E-state index contributed by atoms with van der Waals surface area (Å²) in [6, 6.07) is 5.06. The molecule has 0 spiro atoms. The van der Waals surface area contributed by atoms with Gasteiger partial charge in [0.15, 0.2) is 0 Å². The van der Waals surface area contributed by atoms with Crippen molar-refractivity contribution in [2.24, 2.45) is 0 Å². The predicted molar refractivity (Wildman–Crippen MR) is 75.3 cm³/mol. The Morgan fingerprint density at radius 2 is 2.33 bits per heavy atom. The van der Waals surface area contributed by atoms with Crippen molar-refractivity contribution in [3.05, 3.63) is 29.3 Å². The van der Waals surface area contributed by atoms with Crippen LogP contribution in [0.3, 0.4) is 0 Å². The maximum Gasteiger partial charge on any atom is 0.253 e. The third-order valence-corrected chi connectivity index (χ3v) is 4.70. The molecule has 1 aliphatic heterocycles. The quantitative estimate of drug-likeness (QED) is 0.893. The molecule has 2 rings (SSSR count). The molecule has 1 saturated heterocycles. The van der Waals surface area contributed by atoms with E-state index in [9.17, 15) is 9.90 Å². The van der Waals surface area contributed by atoms with Gasteiger partial charge in [-0.3, -0.25) is 4.79 Å². The number of carbonyl (C=O) groups is 1. The Bertz CT molecular complexity index is 447. The van der Waals surface area contributed by atoms with Gasteiger partial charge in [-0.2, -0.15) is 11.8 Å². The zero-order valence-electron chi connectivity index (χ0n) is 10.8. The van der Waals surface area contributed by atoms with Crippen LogP contribution in [0.15, 0.2) is 18.2 Å². The third kappa shape index (κ3) is 2.80. The van der Waals surface area contributed by atoms with Crippen LogP contribution in [-0.4, -0.2) is 40.0 Å². The molecule has 1 atom stereocenters. The minimum absolute atomic E-state index is 0.0804. The molecule has 0 aromatic heterocycles. The molecule has 0 bridgehead atoms. The summed E-state index contributed by atoms with van der Waals surface area (Å²) in [4.78, 5) is 14.3. The second kappa shape index (κ2) is 5.65. The Kier molecular flexibility index (Phi) is 4.17. The summed E-state index contributed by atoms with van der Waals surface area (Å²) in [6.45, 7) is 5.63. The van der Waals surface area contributed by atoms with Crippen molar-refractivity contribution in [3.63, 3.8) is 0 Å². The molecular formula is C14H19NO2S. The number of aromatic hydroxyl groups is 1. The van der Waals surface area contributed by atoms with Gasteiger partial charge in [0.1, 0.15) is 5.75 Å². The summed E-state index contributed by atoms with van der Waals surface area (Å²) in [5.74, 6) is 1.34. The van der Waals surface area contributed by atoms with Gasteiger partial charge in [-0.05, 0) is 37.1 Å². The van der Waals surface area contributed by atoms with Gasteiger partial charge in [-0.15, -0.1) is 0 Å². The maximum absolute atomic E-state index is 12.4. The van der Waals surface area contributed by atoms with Gasteiger partial charge in [0.05, 0.1) is 0 Å². The van der Waals surface area contributed by atoms with Gasteiger partial charge in [0.25, 0.3) is 5.91 Å². The van der Waals surface area contributed by atoms with Crippen LogP contribution in [0.5, 0.6) is 5.75 Å². The number of amides is 1. The zero-order valence-corrected chi connectivity index (χ0v) is 11.7. The number of phenols is 1. The molecule has 1 fully saturated rings. The molecule has 4 heteroatoms. The van der Waals surface area contributed by atoms with Crippen LogP contribution in [0.25, 0.3) is 0 Å². The van der Waals surface area contributed by atoms with E-state index in [0.29, 0.717) is 10.8 Å². The fourth-order valence-corrected chi connectivity index (χ4v) is 3.30. The Hall–Kier alpha value is -1.16. The molecular weight excluding hydrogens is 246 g/mol. The molecule has 98 valence electrons. The van der Waals surface area contributed by atoms with Crippen molar-refractivity contribution in [3.8, 4) is 5.75 Å². The summed E-state index contributed by atoms with van der Waals surface area (Å²) in [5.41, 5.74) is 1.42. The van der Waals surface area contributed by atoms with E-state index in [0.717, 1.165) is 30.8 Å². The van der Waals surface area contributed by atoms with E-state index in [4.69, 9.17) is 0 Å². The molecule has 18 heavy (non-hydrogen) atoms. The first-order valence-electron chi connectivity index (χ1n) is 6.32. The topological polar surface area (TPSA) is 40.5 Å². The van der Waals surface area contributed by atoms with Crippen LogP contribution < -0.4 is 0 Å². The minimum atomic E-state index is 0.0804. The summed E-state index contributed by atoms with van der Waals surface area (Å²) in [5, 5.41) is 10.0. The van der Waals surface area contributed by atoms with E-state index >= 15 is 0 Å². The number of hydrogen-bond donors (Lipinski definition) is 1. The molecule has 1 amide bonds. The van der Waals surface area contributed by atoms with Crippen LogP contribution in [-0.2, 0) is 0 Å². The number of benzene rings is 1. The van der Waals surface area contributed by atoms with Crippen LogP contribution in [0.2, 0.25) is 0 Å². The van der Waals surface area contributed by atoms with Crippen molar-refractivity contribution in [1.82, 2.24) is 4.90 Å². The summed E-state index contributed by atoms with van der Waals surface area (Å²) in [6.07, 6.45) is 1.10. The van der Waals surface area contributed by atoms with Gasteiger partial charge in [0, 0.05) is 29.7 Å². The molecule has 1 unspecified atom stereocenters. The number of phenolic OH excluding ortho intramolecular Hbond substituents is 1. The molecule has 0 saturated carbocycles. The molecule has 1 aromatic rings. The van der Waals surface area contributed by atoms with Gasteiger partial charge < -0.3 is 10.0 Å². The van der Waals surface area contributed by atoms with E-state index in [2.05, 4.69) is 6.92 Å². The van der Waals surface area contributed by atoms with Gasteiger partial charge >= 0.3 is 0 Å². The van der Waals surface area contributed by atoms with Crippen molar-refractivity contribution >= 4 is 17.7 Å². The number of rotatable bonds is 2. The van der Waals surface area contributed by atoms with Crippen molar-refractivity contribution < 1.29 is 9.90 Å². The zero-order chi connectivity index (χ0) is 13.1. The highest BCUT2D eigenvalue weighted by Crippen LogP contribution is 2.23. The first-order valence-corrected chi connectivity index (χ1v) is 7.37.